The van der Waals surface area contributed by atoms with Gasteiger partial charge in [0.1, 0.15) is 0 Å². The van der Waals surface area contributed by atoms with Gasteiger partial charge in [-0.2, -0.15) is 0 Å². The molecule has 34 heavy (non-hydrogen) atoms. The number of hydrogen-bond donors (Lipinski definition) is 1. The molecule has 2 heterocycles. The van der Waals surface area contributed by atoms with Crippen molar-refractivity contribution >= 4 is 12.0 Å². The number of piperazine rings is 1. The van der Waals surface area contributed by atoms with Crippen molar-refractivity contribution < 1.29 is 27.8 Å². The molecule has 0 bridgehead atoms. The van der Waals surface area contributed by atoms with Crippen molar-refractivity contribution in [1.29, 1.82) is 0 Å². The SMILES string of the molecule is CN1CC(=O)N[C@]2(CCCN(C(=O)OCC(F)F)[C@H]2COC2CCC(c3ccccc3)CC2)C1. The van der Waals surface area contributed by atoms with Crippen molar-refractivity contribution in [3.05, 3.63) is 35.9 Å². The van der Waals surface area contributed by atoms with Gasteiger partial charge in [-0.3, -0.25) is 9.69 Å². The number of likely N-dealkylation sites (N-methyl/N-ethyl adjacent to an activating group) is 1. The van der Waals surface area contributed by atoms with Crippen LogP contribution in [0.1, 0.15) is 50.0 Å². The molecule has 2 saturated heterocycles. The fraction of sp³-hybridized carbons (Fsp3) is 0.680. The average molecular weight is 480 g/mol. The maximum Gasteiger partial charge on any atom is 0.410 e. The molecule has 9 heteroatoms. The number of halogens is 2. The largest absolute Gasteiger partial charge is 0.443 e. The monoisotopic (exact) mass is 479 g/mol. The molecular formula is C25H35F2N3O4. The van der Waals surface area contributed by atoms with Crippen molar-refractivity contribution in [2.45, 2.75) is 68.6 Å². The van der Waals surface area contributed by atoms with E-state index in [2.05, 4.69) is 29.6 Å². The first-order valence-corrected chi connectivity index (χ1v) is 12.2. The van der Waals surface area contributed by atoms with Crippen LogP contribution >= 0.6 is 0 Å². The van der Waals surface area contributed by atoms with Crippen LogP contribution in [-0.4, -0.2) is 85.8 Å². The maximum atomic E-state index is 12.7. The molecular weight excluding hydrogens is 444 g/mol. The number of nitrogens with zero attached hydrogens (tertiary/aromatic N) is 2. The summed E-state index contributed by atoms with van der Waals surface area (Å²) in [6.07, 6.45) is 1.81. The Bertz CT molecular complexity index is 835. The predicted octanol–water partition coefficient (Wildman–Crippen LogP) is 3.40. The number of benzene rings is 1. The number of carbonyl (C=O) groups is 2. The number of amides is 2. The summed E-state index contributed by atoms with van der Waals surface area (Å²) in [5.74, 6) is 0.416. The number of likely N-dealkylation sites (tertiary alicyclic amines) is 1. The smallest absolute Gasteiger partial charge is 0.410 e. The Morgan fingerprint density at radius 2 is 1.94 bits per heavy atom. The van der Waals surface area contributed by atoms with E-state index >= 15 is 0 Å². The highest BCUT2D eigenvalue weighted by molar-refractivity contribution is 5.80. The molecule has 1 spiro atoms. The van der Waals surface area contributed by atoms with Gasteiger partial charge in [-0.15, -0.1) is 0 Å². The molecule has 1 N–H and O–H groups in total. The van der Waals surface area contributed by atoms with Crippen molar-refractivity contribution in [3.8, 4) is 0 Å². The van der Waals surface area contributed by atoms with E-state index in [1.165, 1.54) is 10.5 Å². The van der Waals surface area contributed by atoms with E-state index in [1.807, 2.05) is 18.0 Å². The Hall–Kier alpha value is -2.26. The lowest BCUT2D eigenvalue weighted by Gasteiger charge is -2.53. The van der Waals surface area contributed by atoms with Crippen LogP contribution in [0.25, 0.3) is 0 Å². The Kier molecular flexibility index (Phi) is 8.03. The van der Waals surface area contributed by atoms with E-state index in [0.29, 0.717) is 31.8 Å². The Labute approximate surface area is 199 Å². The van der Waals surface area contributed by atoms with Crippen LogP contribution < -0.4 is 5.32 Å². The Morgan fingerprint density at radius 1 is 1.21 bits per heavy atom. The lowest BCUT2D eigenvalue weighted by Crippen LogP contribution is -2.74. The molecule has 4 rings (SSSR count). The van der Waals surface area contributed by atoms with Gasteiger partial charge in [0.15, 0.2) is 6.61 Å². The zero-order chi connectivity index (χ0) is 24.1. The first kappa shape index (κ1) is 24.9. The number of hydrogen-bond acceptors (Lipinski definition) is 5. The van der Waals surface area contributed by atoms with Crippen LogP contribution in [-0.2, 0) is 14.3 Å². The molecule has 3 aliphatic rings. The van der Waals surface area contributed by atoms with Gasteiger partial charge in [0.2, 0.25) is 5.91 Å². The average Bonchev–Trinajstić information content (AvgIpc) is 2.82. The highest BCUT2D eigenvalue weighted by Crippen LogP contribution is 2.36. The van der Waals surface area contributed by atoms with Crippen LogP contribution in [0.5, 0.6) is 0 Å². The molecule has 1 aromatic carbocycles. The number of nitrogens with one attached hydrogen (secondary N) is 1. The number of ether oxygens (including phenoxy) is 2. The van der Waals surface area contributed by atoms with Crippen LogP contribution in [0.4, 0.5) is 13.6 Å². The third-order valence-electron chi connectivity index (χ3n) is 7.39. The zero-order valence-electron chi connectivity index (χ0n) is 19.8. The molecule has 1 saturated carbocycles. The van der Waals surface area contributed by atoms with E-state index in [0.717, 1.165) is 25.7 Å². The van der Waals surface area contributed by atoms with Gasteiger partial charge < -0.3 is 19.7 Å². The molecule has 2 amide bonds. The van der Waals surface area contributed by atoms with Crippen molar-refractivity contribution in [2.24, 2.45) is 0 Å². The highest BCUT2D eigenvalue weighted by Gasteiger charge is 2.50. The van der Waals surface area contributed by atoms with Crippen LogP contribution in [0.3, 0.4) is 0 Å². The van der Waals surface area contributed by atoms with Crippen LogP contribution in [0.15, 0.2) is 30.3 Å². The van der Waals surface area contributed by atoms with Gasteiger partial charge in [-0.1, -0.05) is 30.3 Å². The maximum absolute atomic E-state index is 12.7. The molecule has 0 aromatic heterocycles. The van der Waals surface area contributed by atoms with Gasteiger partial charge in [0.25, 0.3) is 6.43 Å². The molecule has 7 nitrogen and oxygen atoms in total. The molecule has 1 aliphatic carbocycles. The lowest BCUT2D eigenvalue weighted by molar-refractivity contribution is -0.133. The Morgan fingerprint density at radius 3 is 2.62 bits per heavy atom. The summed E-state index contributed by atoms with van der Waals surface area (Å²) < 4.78 is 36.6. The minimum Gasteiger partial charge on any atom is -0.443 e. The summed E-state index contributed by atoms with van der Waals surface area (Å²) >= 11 is 0. The summed E-state index contributed by atoms with van der Waals surface area (Å²) in [5, 5.41) is 3.12. The fourth-order valence-electron chi connectivity index (χ4n) is 5.86. The van der Waals surface area contributed by atoms with Gasteiger partial charge >= 0.3 is 6.09 Å². The third-order valence-corrected chi connectivity index (χ3v) is 7.39. The van der Waals surface area contributed by atoms with Gasteiger partial charge in [0, 0.05) is 13.1 Å². The first-order valence-electron chi connectivity index (χ1n) is 12.2. The van der Waals surface area contributed by atoms with E-state index in [4.69, 9.17) is 9.47 Å². The van der Waals surface area contributed by atoms with Gasteiger partial charge in [-0.05, 0) is 57.1 Å². The number of piperidine rings is 1. The van der Waals surface area contributed by atoms with Gasteiger partial charge in [-0.25, -0.2) is 13.6 Å². The minimum absolute atomic E-state index is 0.0647. The van der Waals surface area contributed by atoms with E-state index in [-0.39, 0.29) is 25.2 Å². The van der Waals surface area contributed by atoms with Gasteiger partial charge in [0.05, 0.1) is 30.8 Å². The van der Waals surface area contributed by atoms with E-state index < -0.39 is 30.7 Å². The molecule has 0 radical (unpaired) electrons. The summed E-state index contributed by atoms with van der Waals surface area (Å²) in [4.78, 5) is 28.6. The van der Waals surface area contributed by atoms with Crippen LogP contribution in [0, 0.1) is 0 Å². The quantitative estimate of drug-likeness (QED) is 0.677. The number of alkyl halides is 2. The van der Waals surface area contributed by atoms with E-state index in [1.54, 1.807) is 0 Å². The van der Waals surface area contributed by atoms with Crippen molar-refractivity contribution in [2.75, 3.05) is 39.9 Å². The van der Waals surface area contributed by atoms with Crippen molar-refractivity contribution in [1.82, 2.24) is 15.1 Å². The molecule has 3 fully saturated rings. The third kappa shape index (κ3) is 5.86. The lowest BCUT2D eigenvalue weighted by atomic mass is 9.79. The topological polar surface area (TPSA) is 71.1 Å². The summed E-state index contributed by atoms with van der Waals surface area (Å²) in [6, 6.07) is 10.0. The normalized spacial score (nSPS) is 30.4. The summed E-state index contributed by atoms with van der Waals surface area (Å²) in [6.45, 7) is 0.531. The number of carbonyl (C=O) groups excluding carboxylic acids is 2. The first-order chi connectivity index (χ1) is 16.4. The summed E-state index contributed by atoms with van der Waals surface area (Å²) in [7, 11) is 1.87. The Balaban J connectivity index is 1.43. The fourth-order valence-corrected chi connectivity index (χ4v) is 5.86. The van der Waals surface area contributed by atoms with Crippen molar-refractivity contribution in [3.63, 3.8) is 0 Å². The molecule has 2 aliphatic heterocycles. The second-order valence-electron chi connectivity index (χ2n) is 9.87. The summed E-state index contributed by atoms with van der Waals surface area (Å²) in [5.41, 5.74) is 0.668. The number of rotatable bonds is 6. The zero-order valence-corrected chi connectivity index (χ0v) is 19.8. The molecule has 188 valence electrons. The molecule has 0 unspecified atom stereocenters. The second-order valence-corrected chi connectivity index (χ2v) is 9.87. The van der Waals surface area contributed by atoms with E-state index in [9.17, 15) is 18.4 Å². The van der Waals surface area contributed by atoms with Crippen LogP contribution in [0.2, 0.25) is 0 Å². The molecule has 1 aromatic rings. The minimum atomic E-state index is -2.72. The standard InChI is InChI=1S/C25H35F2N3O4/c1-29-14-23(31)28-25(17-29)12-5-13-30(24(32)34-16-22(26)27)21(25)15-33-20-10-8-19(9-11-20)18-6-3-2-4-7-18/h2-4,6-7,19-22H,5,8-17H2,1H3,(H,28,31)/t19?,20?,21-,25+/m0/s1. The second kappa shape index (κ2) is 11.0. The predicted molar refractivity (Wildman–Crippen MR) is 123 cm³/mol. The highest BCUT2D eigenvalue weighted by atomic mass is 19.3. The molecule has 2 atom stereocenters.